The third-order valence-corrected chi connectivity index (χ3v) is 3.32. The number of amides is 1. The number of nitrogens with one attached hydrogen (secondary N) is 1. The monoisotopic (exact) mass is 337 g/mol. The van der Waals surface area contributed by atoms with Gasteiger partial charge in [0.15, 0.2) is 5.82 Å². The van der Waals surface area contributed by atoms with Crippen molar-refractivity contribution in [2.24, 2.45) is 0 Å². The third kappa shape index (κ3) is 4.08. The molecule has 1 amide bonds. The lowest BCUT2D eigenvalue weighted by atomic mass is 10.1. The SMILES string of the molecule is Cc1cc(NC(=O)[C@H](OC(=O)c2ccccn2)c2ccccc2)no1. The van der Waals surface area contributed by atoms with Crippen LogP contribution in [0, 0.1) is 6.92 Å². The van der Waals surface area contributed by atoms with Crippen LogP contribution >= 0.6 is 0 Å². The van der Waals surface area contributed by atoms with E-state index in [0.29, 0.717) is 11.3 Å². The van der Waals surface area contributed by atoms with E-state index in [1.807, 2.05) is 0 Å². The Bertz CT molecular complexity index is 862. The molecule has 1 N–H and O–H groups in total. The Kier molecular flexibility index (Phi) is 4.84. The maximum absolute atomic E-state index is 12.6. The van der Waals surface area contributed by atoms with E-state index < -0.39 is 18.0 Å². The van der Waals surface area contributed by atoms with Crippen molar-refractivity contribution < 1.29 is 18.8 Å². The topological polar surface area (TPSA) is 94.3 Å². The molecule has 0 saturated heterocycles. The van der Waals surface area contributed by atoms with Crippen LogP contribution in [0.1, 0.15) is 27.9 Å². The number of ether oxygens (including phenoxy) is 1. The van der Waals surface area contributed by atoms with Crippen molar-refractivity contribution in [3.63, 3.8) is 0 Å². The van der Waals surface area contributed by atoms with Gasteiger partial charge in [-0.05, 0) is 19.1 Å². The molecule has 3 aromatic rings. The van der Waals surface area contributed by atoms with Gasteiger partial charge in [0.2, 0.25) is 6.10 Å². The first-order valence-electron chi connectivity index (χ1n) is 7.54. The van der Waals surface area contributed by atoms with Crippen molar-refractivity contribution in [3.05, 3.63) is 77.8 Å². The number of carbonyl (C=O) groups excluding carboxylic acids is 2. The van der Waals surface area contributed by atoms with Gasteiger partial charge in [-0.2, -0.15) is 0 Å². The van der Waals surface area contributed by atoms with Crippen molar-refractivity contribution in [2.75, 3.05) is 5.32 Å². The van der Waals surface area contributed by atoms with E-state index in [1.54, 1.807) is 55.5 Å². The van der Waals surface area contributed by atoms with Crippen molar-refractivity contribution in [3.8, 4) is 0 Å². The molecule has 0 aliphatic heterocycles. The van der Waals surface area contributed by atoms with E-state index in [4.69, 9.17) is 9.26 Å². The molecular weight excluding hydrogens is 322 g/mol. The second-order valence-corrected chi connectivity index (χ2v) is 5.22. The summed E-state index contributed by atoms with van der Waals surface area (Å²) in [4.78, 5) is 28.8. The van der Waals surface area contributed by atoms with E-state index in [9.17, 15) is 9.59 Å². The first kappa shape index (κ1) is 16.4. The largest absolute Gasteiger partial charge is 0.443 e. The van der Waals surface area contributed by atoms with Gasteiger partial charge in [-0.15, -0.1) is 0 Å². The molecule has 7 nitrogen and oxygen atoms in total. The van der Waals surface area contributed by atoms with E-state index in [2.05, 4.69) is 15.5 Å². The quantitative estimate of drug-likeness (QED) is 0.719. The zero-order chi connectivity index (χ0) is 17.6. The van der Waals surface area contributed by atoms with Crippen LogP contribution in [0.25, 0.3) is 0 Å². The van der Waals surface area contributed by atoms with E-state index in [1.165, 1.54) is 12.3 Å². The lowest BCUT2D eigenvalue weighted by Crippen LogP contribution is -2.26. The maximum atomic E-state index is 12.6. The second-order valence-electron chi connectivity index (χ2n) is 5.22. The normalized spacial score (nSPS) is 11.6. The highest BCUT2D eigenvalue weighted by Gasteiger charge is 2.26. The summed E-state index contributed by atoms with van der Waals surface area (Å²) < 4.78 is 10.3. The van der Waals surface area contributed by atoms with Gasteiger partial charge in [-0.25, -0.2) is 9.78 Å². The molecular formula is C18H15N3O4. The number of esters is 1. The predicted octanol–water partition coefficient (Wildman–Crippen LogP) is 2.91. The zero-order valence-electron chi connectivity index (χ0n) is 13.4. The lowest BCUT2D eigenvalue weighted by molar-refractivity contribution is -0.125. The Balaban J connectivity index is 1.82. The Morgan fingerprint density at radius 3 is 2.52 bits per heavy atom. The van der Waals surface area contributed by atoms with Gasteiger partial charge in [0.25, 0.3) is 5.91 Å². The third-order valence-electron chi connectivity index (χ3n) is 3.32. The minimum Gasteiger partial charge on any atom is -0.443 e. The van der Waals surface area contributed by atoms with Gasteiger partial charge in [0.1, 0.15) is 11.5 Å². The molecule has 0 spiro atoms. The van der Waals surface area contributed by atoms with Crippen LogP contribution in [-0.2, 0) is 9.53 Å². The first-order valence-corrected chi connectivity index (χ1v) is 7.54. The smallest absolute Gasteiger partial charge is 0.358 e. The number of rotatable bonds is 5. The Hall–Kier alpha value is -3.48. The van der Waals surface area contributed by atoms with Crippen molar-refractivity contribution in [1.82, 2.24) is 10.1 Å². The van der Waals surface area contributed by atoms with E-state index in [-0.39, 0.29) is 11.5 Å². The van der Waals surface area contributed by atoms with Crippen LogP contribution in [-0.4, -0.2) is 22.0 Å². The van der Waals surface area contributed by atoms with Crippen molar-refractivity contribution in [1.29, 1.82) is 0 Å². The standard InChI is InChI=1S/C18H15N3O4/c1-12-11-15(21-25-12)20-17(22)16(13-7-3-2-4-8-13)24-18(23)14-9-5-6-10-19-14/h2-11,16H,1H3,(H,20,21,22)/t16-/m1/s1. The Morgan fingerprint density at radius 1 is 1.12 bits per heavy atom. The molecule has 2 aromatic heterocycles. The minimum absolute atomic E-state index is 0.119. The molecule has 1 aromatic carbocycles. The van der Waals surface area contributed by atoms with Gasteiger partial charge < -0.3 is 14.6 Å². The number of aromatic nitrogens is 2. The first-order chi connectivity index (χ1) is 12.1. The van der Waals surface area contributed by atoms with Gasteiger partial charge in [-0.3, -0.25) is 4.79 Å². The molecule has 1 atom stereocenters. The van der Waals surface area contributed by atoms with E-state index in [0.717, 1.165) is 0 Å². The molecule has 25 heavy (non-hydrogen) atoms. The minimum atomic E-state index is -1.15. The molecule has 0 bridgehead atoms. The average molecular weight is 337 g/mol. The van der Waals surface area contributed by atoms with Crippen LogP contribution in [0.15, 0.2) is 65.3 Å². The summed E-state index contributed by atoms with van der Waals surface area (Å²) in [7, 11) is 0. The molecule has 0 radical (unpaired) electrons. The zero-order valence-corrected chi connectivity index (χ0v) is 13.4. The Labute approximate surface area is 143 Å². The predicted molar refractivity (Wildman–Crippen MR) is 88.7 cm³/mol. The van der Waals surface area contributed by atoms with Gasteiger partial charge in [0, 0.05) is 17.8 Å². The summed E-state index contributed by atoms with van der Waals surface area (Å²) in [5, 5.41) is 6.29. The highest BCUT2D eigenvalue weighted by molar-refractivity contribution is 5.97. The number of hydrogen-bond acceptors (Lipinski definition) is 6. The fraction of sp³-hybridized carbons (Fsp3) is 0.111. The molecule has 0 saturated carbocycles. The van der Waals surface area contributed by atoms with Gasteiger partial charge in [-0.1, -0.05) is 41.6 Å². The molecule has 3 rings (SSSR count). The summed E-state index contributed by atoms with van der Waals surface area (Å²) in [5.74, 6) is -0.431. The highest BCUT2D eigenvalue weighted by Crippen LogP contribution is 2.21. The molecule has 126 valence electrons. The summed E-state index contributed by atoms with van der Waals surface area (Å²) >= 11 is 0. The fourth-order valence-electron chi connectivity index (χ4n) is 2.17. The molecule has 0 aliphatic rings. The van der Waals surface area contributed by atoms with Crippen molar-refractivity contribution >= 4 is 17.7 Å². The Morgan fingerprint density at radius 2 is 1.88 bits per heavy atom. The van der Waals surface area contributed by atoms with Gasteiger partial charge >= 0.3 is 5.97 Å². The number of benzene rings is 1. The highest BCUT2D eigenvalue weighted by atomic mass is 16.5. The number of carbonyl (C=O) groups is 2. The number of hydrogen-bond donors (Lipinski definition) is 1. The molecule has 0 unspecified atom stereocenters. The maximum Gasteiger partial charge on any atom is 0.358 e. The van der Waals surface area contributed by atoms with Crippen LogP contribution in [0.3, 0.4) is 0 Å². The summed E-state index contributed by atoms with van der Waals surface area (Å²) in [6.45, 7) is 1.71. The number of nitrogens with zero attached hydrogens (tertiary/aromatic N) is 2. The molecule has 2 heterocycles. The van der Waals surface area contributed by atoms with Crippen LogP contribution in [0.2, 0.25) is 0 Å². The second kappa shape index (κ2) is 7.39. The fourth-order valence-corrected chi connectivity index (χ4v) is 2.17. The van der Waals surface area contributed by atoms with E-state index >= 15 is 0 Å². The van der Waals surface area contributed by atoms with Gasteiger partial charge in [0.05, 0.1) is 0 Å². The lowest BCUT2D eigenvalue weighted by Gasteiger charge is -2.17. The van der Waals surface area contributed by atoms with Crippen LogP contribution in [0.4, 0.5) is 5.82 Å². The number of anilines is 1. The average Bonchev–Trinajstić information content (AvgIpc) is 3.05. The van der Waals surface area contributed by atoms with Crippen LogP contribution < -0.4 is 5.32 Å². The summed E-state index contributed by atoms with van der Waals surface area (Å²) in [6, 6.07) is 15.1. The summed E-state index contributed by atoms with van der Waals surface area (Å²) in [5.41, 5.74) is 0.651. The molecule has 0 aliphatic carbocycles. The molecule has 0 fully saturated rings. The summed E-state index contributed by atoms with van der Waals surface area (Å²) in [6.07, 6.45) is 0.333. The van der Waals surface area contributed by atoms with Crippen molar-refractivity contribution in [2.45, 2.75) is 13.0 Å². The number of pyridine rings is 1. The van der Waals surface area contributed by atoms with Crippen LogP contribution in [0.5, 0.6) is 0 Å². The molecule has 7 heteroatoms. The number of aryl methyl sites for hydroxylation is 1.